The van der Waals surface area contributed by atoms with Crippen LogP contribution >= 0.6 is 0 Å². The number of anilines is 1. The molecule has 3 aromatic rings. The number of ether oxygens (including phenoxy) is 3. The van der Waals surface area contributed by atoms with E-state index in [-0.39, 0.29) is 11.9 Å². The molecule has 0 atom stereocenters. The Hall–Kier alpha value is -3.08. The quantitative estimate of drug-likeness (QED) is 0.694. The third kappa shape index (κ3) is 2.78. The first-order chi connectivity index (χ1) is 13.4. The fourth-order valence-corrected chi connectivity index (χ4v) is 3.96. The Balaban J connectivity index is 1.96. The summed E-state index contributed by atoms with van der Waals surface area (Å²) >= 11 is 0. The summed E-state index contributed by atoms with van der Waals surface area (Å²) in [4.78, 5) is 2.15. The van der Waals surface area contributed by atoms with E-state index in [1.165, 1.54) is 0 Å². The molecule has 4 rings (SSSR count). The highest BCUT2D eigenvalue weighted by Crippen LogP contribution is 2.49. The molecule has 28 heavy (non-hydrogen) atoms. The Labute approximate surface area is 165 Å². The van der Waals surface area contributed by atoms with Crippen LogP contribution in [-0.2, 0) is 6.54 Å². The van der Waals surface area contributed by atoms with E-state index in [4.69, 9.17) is 14.2 Å². The van der Waals surface area contributed by atoms with Crippen LogP contribution in [0.1, 0.15) is 19.4 Å². The summed E-state index contributed by atoms with van der Waals surface area (Å²) < 4.78 is 16.8. The third-order valence-corrected chi connectivity index (χ3v) is 5.17. The van der Waals surface area contributed by atoms with Gasteiger partial charge in [-0.1, -0.05) is 12.1 Å². The number of phenols is 1. The van der Waals surface area contributed by atoms with Crippen LogP contribution in [0.4, 0.5) is 5.69 Å². The number of hydrogen-bond acceptors (Lipinski definition) is 5. The van der Waals surface area contributed by atoms with Crippen LogP contribution in [0.5, 0.6) is 23.0 Å². The average molecular weight is 379 g/mol. The molecule has 0 spiro atoms. The fraction of sp³-hybridized carbons (Fsp3) is 0.304. The molecule has 1 aliphatic heterocycles. The van der Waals surface area contributed by atoms with Gasteiger partial charge in [0.2, 0.25) is 0 Å². The van der Waals surface area contributed by atoms with Crippen molar-refractivity contribution >= 4 is 16.5 Å². The zero-order chi connectivity index (χ0) is 20.0. The van der Waals surface area contributed by atoms with Gasteiger partial charge in [0, 0.05) is 30.1 Å². The molecule has 5 nitrogen and oxygen atoms in total. The lowest BCUT2D eigenvalue weighted by Gasteiger charge is -2.32. The van der Waals surface area contributed by atoms with E-state index in [1.54, 1.807) is 14.2 Å². The maximum absolute atomic E-state index is 10.6. The normalized spacial score (nSPS) is 12.7. The monoisotopic (exact) mass is 379 g/mol. The molecule has 0 saturated carbocycles. The van der Waals surface area contributed by atoms with Crippen LogP contribution in [0.15, 0.2) is 36.4 Å². The van der Waals surface area contributed by atoms with Crippen LogP contribution in [0.25, 0.3) is 21.9 Å². The summed E-state index contributed by atoms with van der Waals surface area (Å²) in [7, 11) is 5.26. The van der Waals surface area contributed by atoms with E-state index in [0.717, 1.165) is 38.9 Å². The molecule has 1 aliphatic rings. The molecule has 0 aromatic heterocycles. The highest BCUT2D eigenvalue weighted by Gasteiger charge is 2.26. The van der Waals surface area contributed by atoms with E-state index in [9.17, 15) is 5.11 Å². The smallest absolute Gasteiger partial charge is 0.163 e. The summed E-state index contributed by atoms with van der Waals surface area (Å²) in [5.41, 5.74) is 4.09. The maximum atomic E-state index is 10.6. The van der Waals surface area contributed by atoms with E-state index < -0.39 is 0 Å². The Morgan fingerprint density at radius 3 is 2.32 bits per heavy atom. The van der Waals surface area contributed by atoms with Gasteiger partial charge in [0.15, 0.2) is 23.0 Å². The third-order valence-electron chi connectivity index (χ3n) is 5.17. The lowest BCUT2D eigenvalue weighted by molar-refractivity contribution is 0.230. The summed E-state index contributed by atoms with van der Waals surface area (Å²) in [6, 6.07) is 12.1. The number of methoxy groups -OCH3 is 2. The number of nitrogens with zero attached hydrogens (tertiary/aromatic N) is 1. The molecular weight excluding hydrogens is 354 g/mol. The molecule has 0 unspecified atom stereocenters. The molecule has 0 radical (unpaired) electrons. The first kappa shape index (κ1) is 18.3. The van der Waals surface area contributed by atoms with Gasteiger partial charge in [0.05, 0.1) is 26.0 Å². The molecule has 0 aliphatic carbocycles. The van der Waals surface area contributed by atoms with Gasteiger partial charge in [-0.3, -0.25) is 0 Å². The summed E-state index contributed by atoms with van der Waals surface area (Å²) in [5, 5.41) is 12.8. The highest BCUT2D eigenvalue weighted by molar-refractivity contribution is 6.05. The maximum Gasteiger partial charge on any atom is 0.163 e. The minimum Gasteiger partial charge on any atom is -0.504 e. The minimum atomic E-state index is 0.0662. The number of rotatable bonds is 4. The highest BCUT2D eigenvalue weighted by atomic mass is 16.5. The number of benzene rings is 3. The lowest BCUT2D eigenvalue weighted by atomic mass is 9.90. The van der Waals surface area contributed by atoms with Gasteiger partial charge < -0.3 is 24.2 Å². The van der Waals surface area contributed by atoms with Crippen molar-refractivity contribution in [1.29, 1.82) is 0 Å². The van der Waals surface area contributed by atoms with Crippen LogP contribution in [0.3, 0.4) is 0 Å². The Bertz CT molecular complexity index is 1060. The molecule has 146 valence electrons. The van der Waals surface area contributed by atoms with Gasteiger partial charge in [-0.05, 0) is 49.1 Å². The SMILES string of the molecule is COc1cc2c3c(ccc2cc1OC(C)C)-c1ccc(OC)c(O)c1CN3C. The molecule has 1 N–H and O–H groups in total. The van der Waals surface area contributed by atoms with Gasteiger partial charge in [0.25, 0.3) is 0 Å². The Kier molecular flexibility index (Phi) is 4.46. The van der Waals surface area contributed by atoms with Gasteiger partial charge in [-0.15, -0.1) is 0 Å². The van der Waals surface area contributed by atoms with Crippen LogP contribution in [0.2, 0.25) is 0 Å². The number of hydrogen-bond donors (Lipinski definition) is 1. The van der Waals surface area contributed by atoms with Crippen molar-refractivity contribution in [3.05, 3.63) is 42.0 Å². The molecular formula is C23H25NO4. The molecule has 0 amide bonds. The van der Waals surface area contributed by atoms with Crippen LogP contribution in [0, 0.1) is 0 Å². The first-order valence-electron chi connectivity index (χ1n) is 9.36. The van der Waals surface area contributed by atoms with Gasteiger partial charge in [0.1, 0.15) is 0 Å². The fourth-order valence-electron chi connectivity index (χ4n) is 3.96. The molecule has 0 bridgehead atoms. The van der Waals surface area contributed by atoms with Crippen molar-refractivity contribution in [2.45, 2.75) is 26.5 Å². The molecule has 3 aromatic carbocycles. The van der Waals surface area contributed by atoms with E-state index in [1.807, 2.05) is 45.2 Å². The first-order valence-corrected chi connectivity index (χ1v) is 9.36. The van der Waals surface area contributed by atoms with Gasteiger partial charge in [-0.25, -0.2) is 0 Å². The van der Waals surface area contributed by atoms with Crippen molar-refractivity contribution in [3.63, 3.8) is 0 Å². The Morgan fingerprint density at radius 2 is 1.64 bits per heavy atom. The van der Waals surface area contributed by atoms with Crippen molar-refractivity contribution in [1.82, 2.24) is 0 Å². The van der Waals surface area contributed by atoms with Crippen molar-refractivity contribution < 1.29 is 19.3 Å². The second kappa shape index (κ2) is 6.82. The van der Waals surface area contributed by atoms with E-state index >= 15 is 0 Å². The zero-order valence-electron chi connectivity index (χ0n) is 16.9. The number of aromatic hydroxyl groups is 1. The van der Waals surface area contributed by atoms with Crippen LogP contribution < -0.4 is 19.1 Å². The van der Waals surface area contributed by atoms with Gasteiger partial charge in [-0.2, -0.15) is 0 Å². The number of fused-ring (bicyclic) bond motifs is 5. The molecule has 0 fully saturated rings. The van der Waals surface area contributed by atoms with Crippen molar-refractivity contribution in [3.8, 4) is 34.1 Å². The Morgan fingerprint density at radius 1 is 0.929 bits per heavy atom. The summed E-state index contributed by atoms with van der Waals surface area (Å²) in [5.74, 6) is 2.15. The predicted molar refractivity (Wildman–Crippen MR) is 112 cm³/mol. The second-order valence-corrected chi connectivity index (χ2v) is 7.35. The standard InChI is InChI=1S/C23H25NO4/c1-13(2)28-21-10-14-6-7-16-15-8-9-19(26-4)23(25)18(15)12-24(3)22(16)17(14)11-20(21)27-5/h6-11,13,25H,12H2,1-5H3. The van der Waals surface area contributed by atoms with Crippen LogP contribution in [-0.4, -0.2) is 32.5 Å². The average Bonchev–Trinajstić information content (AvgIpc) is 2.67. The minimum absolute atomic E-state index is 0.0662. The summed E-state index contributed by atoms with van der Waals surface area (Å²) in [6.45, 7) is 4.60. The molecule has 5 heteroatoms. The predicted octanol–water partition coefficient (Wildman–Crippen LogP) is 4.97. The van der Waals surface area contributed by atoms with E-state index in [2.05, 4.69) is 17.0 Å². The topological polar surface area (TPSA) is 51.2 Å². The van der Waals surface area contributed by atoms with E-state index in [0.29, 0.717) is 18.0 Å². The van der Waals surface area contributed by atoms with Gasteiger partial charge >= 0.3 is 0 Å². The number of phenolic OH excluding ortho intramolecular Hbond substituents is 1. The van der Waals surface area contributed by atoms with Crippen molar-refractivity contribution in [2.24, 2.45) is 0 Å². The molecule has 1 heterocycles. The largest absolute Gasteiger partial charge is 0.504 e. The van der Waals surface area contributed by atoms with Crippen molar-refractivity contribution in [2.75, 3.05) is 26.2 Å². The second-order valence-electron chi connectivity index (χ2n) is 7.35. The molecule has 0 saturated heterocycles. The zero-order valence-corrected chi connectivity index (χ0v) is 16.9. The lowest BCUT2D eigenvalue weighted by Crippen LogP contribution is -2.22. The summed E-state index contributed by atoms with van der Waals surface area (Å²) in [6.07, 6.45) is 0.0662.